The Morgan fingerprint density at radius 2 is 2.24 bits per heavy atom. The second-order valence-electron chi connectivity index (χ2n) is 5.18. The Hall–Kier alpha value is -2.08. The summed E-state index contributed by atoms with van der Waals surface area (Å²) < 4.78 is 5.53. The Kier molecular flexibility index (Phi) is 5.16. The molecule has 6 heteroatoms. The number of rotatable bonds is 6. The van der Waals surface area contributed by atoms with E-state index in [4.69, 9.17) is 9.84 Å². The number of aromatic amines is 1. The van der Waals surface area contributed by atoms with Crippen molar-refractivity contribution in [2.45, 2.75) is 39.2 Å². The first kappa shape index (κ1) is 15.3. The Balaban J connectivity index is 2.16. The van der Waals surface area contributed by atoms with Crippen molar-refractivity contribution in [1.29, 1.82) is 0 Å². The largest absolute Gasteiger partial charge is 0.473 e. The van der Waals surface area contributed by atoms with Crippen molar-refractivity contribution in [2.75, 3.05) is 6.61 Å². The van der Waals surface area contributed by atoms with E-state index in [-0.39, 0.29) is 18.6 Å². The third kappa shape index (κ3) is 3.95. The Morgan fingerprint density at radius 3 is 2.95 bits per heavy atom. The summed E-state index contributed by atoms with van der Waals surface area (Å²) in [6.07, 6.45) is 6.08. The lowest BCUT2D eigenvalue weighted by molar-refractivity contribution is -0.116. The maximum Gasteiger partial charge on any atom is 0.277 e. The van der Waals surface area contributed by atoms with Crippen molar-refractivity contribution in [3.63, 3.8) is 0 Å². The van der Waals surface area contributed by atoms with Crippen LogP contribution in [0.25, 0.3) is 6.08 Å². The maximum atomic E-state index is 11.8. The number of aromatic nitrogens is 1. The van der Waals surface area contributed by atoms with Gasteiger partial charge in [-0.25, -0.2) is 5.43 Å². The van der Waals surface area contributed by atoms with Crippen molar-refractivity contribution in [2.24, 2.45) is 5.10 Å². The molecule has 0 bridgehead atoms. The molecule has 0 aromatic carbocycles. The van der Waals surface area contributed by atoms with Gasteiger partial charge in [-0.1, -0.05) is 0 Å². The fourth-order valence-electron chi connectivity index (χ4n) is 2.10. The number of ether oxygens (including phenoxy) is 1. The molecule has 0 radical (unpaired) electrons. The molecule has 1 aliphatic rings. The molecule has 1 aliphatic heterocycles. The topological polar surface area (TPSA) is 86.7 Å². The normalized spacial score (nSPS) is 16.5. The van der Waals surface area contributed by atoms with Gasteiger partial charge >= 0.3 is 0 Å². The monoisotopic (exact) mass is 291 g/mol. The van der Waals surface area contributed by atoms with Gasteiger partial charge in [-0.15, -0.1) is 5.10 Å². The van der Waals surface area contributed by atoms with Gasteiger partial charge in [0, 0.05) is 18.5 Å². The molecule has 2 heterocycles. The molecular formula is C15H21N3O3. The fourth-order valence-corrected chi connectivity index (χ4v) is 2.10. The van der Waals surface area contributed by atoms with Crippen LogP contribution in [0.1, 0.15) is 37.9 Å². The Morgan fingerprint density at radius 1 is 1.43 bits per heavy atom. The minimum atomic E-state index is -0.262. The average Bonchev–Trinajstić information content (AvgIpc) is 3.00. The molecule has 0 unspecified atom stereocenters. The van der Waals surface area contributed by atoms with E-state index in [1.807, 2.05) is 26.1 Å². The summed E-state index contributed by atoms with van der Waals surface area (Å²) in [7, 11) is 0. The van der Waals surface area contributed by atoms with Crippen LogP contribution in [0.2, 0.25) is 0 Å². The molecule has 1 aromatic heterocycles. The summed E-state index contributed by atoms with van der Waals surface area (Å²) in [4.78, 5) is 15.0. The van der Waals surface area contributed by atoms with Gasteiger partial charge in [0.1, 0.15) is 5.57 Å². The molecule has 2 rings (SSSR count). The molecule has 1 aromatic rings. The molecule has 6 nitrogen and oxygen atoms in total. The highest BCUT2D eigenvalue weighted by atomic mass is 16.5. The van der Waals surface area contributed by atoms with Gasteiger partial charge in [-0.2, -0.15) is 0 Å². The Labute approximate surface area is 123 Å². The van der Waals surface area contributed by atoms with Gasteiger partial charge < -0.3 is 14.8 Å². The van der Waals surface area contributed by atoms with Gasteiger partial charge in [0.25, 0.3) is 5.91 Å². The first-order chi connectivity index (χ1) is 10.1. The van der Waals surface area contributed by atoms with Crippen LogP contribution >= 0.6 is 0 Å². The lowest BCUT2D eigenvalue weighted by atomic mass is 10.1. The average molecular weight is 291 g/mol. The summed E-state index contributed by atoms with van der Waals surface area (Å²) in [5.41, 5.74) is 4.83. The minimum Gasteiger partial charge on any atom is -0.473 e. The minimum absolute atomic E-state index is 0.0486. The number of aliphatic hydroxyl groups is 1. The third-order valence-electron chi connectivity index (χ3n) is 3.09. The van der Waals surface area contributed by atoms with Crippen LogP contribution in [0, 0.1) is 0 Å². The molecule has 114 valence electrons. The number of hydrazone groups is 1. The number of carbonyl (C=O) groups excluding carboxylic acids is 1. The lowest BCUT2D eigenvalue weighted by Crippen LogP contribution is -2.16. The van der Waals surface area contributed by atoms with E-state index >= 15 is 0 Å². The number of hydrogen-bond acceptors (Lipinski definition) is 4. The van der Waals surface area contributed by atoms with Crippen LogP contribution in [-0.2, 0) is 16.0 Å². The highest BCUT2D eigenvalue weighted by Crippen LogP contribution is 2.18. The number of hydrogen-bond donors (Lipinski definition) is 3. The van der Waals surface area contributed by atoms with E-state index in [1.165, 1.54) is 0 Å². The van der Waals surface area contributed by atoms with Gasteiger partial charge in [-0.3, -0.25) is 4.79 Å². The quantitative estimate of drug-likeness (QED) is 0.549. The predicted octanol–water partition coefficient (Wildman–Crippen LogP) is 1.58. The molecule has 1 amide bonds. The van der Waals surface area contributed by atoms with E-state index in [0.29, 0.717) is 11.5 Å². The summed E-state index contributed by atoms with van der Waals surface area (Å²) in [5.74, 6) is 0.0625. The van der Waals surface area contributed by atoms with Gasteiger partial charge in [-0.05, 0) is 50.8 Å². The van der Waals surface area contributed by atoms with Gasteiger partial charge in [0.15, 0.2) is 0 Å². The van der Waals surface area contributed by atoms with Crippen LogP contribution in [-0.4, -0.2) is 34.6 Å². The zero-order valence-corrected chi connectivity index (χ0v) is 12.3. The highest BCUT2D eigenvalue weighted by Gasteiger charge is 2.25. The number of amides is 1. The molecule has 0 saturated heterocycles. The third-order valence-corrected chi connectivity index (χ3v) is 3.09. The maximum absolute atomic E-state index is 11.8. The highest BCUT2D eigenvalue weighted by molar-refractivity contribution is 6.24. The summed E-state index contributed by atoms with van der Waals surface area (Å²) >= 11 is 0. The SMILES string of the molecule is CC(C)OC1=NNC(=O)C1=Cc1[nH]ccc1CCCCO. The lowest BCUT2D eigenvalue weighted by Gasteiger charge is -2.08. The van der Waals surface area contributed by atoms with E-state index in [0.717, 1.165) is 30.5 Å². The van der Waals surface area contributed by atoms with Gasteiger partial charge in [0.05, 0.1) is 6.10 Å². The molecule has 0 saturated carbocycles. The smallest absolute Gasteiger partial charge is 0.277 e. The molecule has 0 spiro atoms. The second-order valence-corrected chi connectivity index (χ2v) is 5.18. The first-order valence-corrected chi connectivity index (χ1v) is 7.15. The standard InChI is InChI=1S/C15H21N3O3/c1-10(2)21-15-12(14(20)17-18-15)9-13-11(6-7-16-13)5-3-4-8-19/h6-7,9-10,16,19H,3-5,8H2,1-2H3,(H,17,20). The van der Waals surface area contributed by atoms with Crippen LogP contribution in [0.3, 0.4) is 0 Å². The molecule has 3 N–H and O–H groups in total. The number of nitrogens with zero attached hydrogens (tertiary/aromatic N) is 1. The van der Waals surface area contributed by atoms with Crippen molar-refractivity contribution in [3.05, 3.63) is 29.1 Å². The van der Waals surface area contributed by atoms with Crippen LogP contribution in [0.4, 0.5) is 0 Å². The molecular weight excluding hydrogens is 270 g/mol. The van der Waals surface area contributed by atoms with Crippen molar-refractivity contribution < 1.29 is 14.6 Å². The van der Waals surface area contributed by atoms with Crippen LogP contribution in [0.15, 0.2) is 22.9 Å². The zero-order chi connectivity index (χ0) is 15.2. The Bertz CT molecular complexity index is 558. The number of aliphatic hydroxyl groups excluding tert-OH is 1. The number of unbranched alkanes of at least 4 members (excludes halogenated alkanes) is 1. The van der Waals surface area contributed by atoms with Gasteiger partial charge in [0.2, 0.25) is 5.90 Å². The van der Waals surface area contributed by atoms with E-state index < -0.39 is 0 Å². The fraction of sp³-hybridized carbons (Fsp3) is 0.467. The number of nitrogens with one attached hydrogen (secondary N) is 2. The molecule has 0 fully saturated rings. The molecule has 0 atom stereocenters. The number of carbonyl (C=O) groups is 1. The van der Waals surface area contributed by atoms with E-state index in [9.17, 15) is 4.79 Å². The zero-order valence-electron chi connectivity index (χ0n) is 12.3. The second kappa shape index (κ2) is 7.08. The van der Waals surface area contributed by atoms with Crippen LogP contribution in [0.5, 0.6) is 0 Å². The summed E-state index contributed by atoms with van der Waals surface area (Å²) in [6, 6.07) is 1.98. The summed E-state index contributed by atoms with van der Waals surface area (Å²) in [5, 5.41) is 12.7. The van der Waals surface area contributed by atoms with Crippen LogP contribution < -0.4 is 5.43 Å². The first-order valence-electron chi connectivity index (χ1n) is 7.15. The number of aryl methyl sites for hydroxylation is 1. The summed E-state index contributed by atoms with van der Waals surface area (Å²) in [6.45, 7) is 3.97. The van der Waals surface area contributed by atoms with Crippen molar-refractivity contribution in [3.8, 4) is 0 Å². The molecule has 0 aliphatic carbocycles. The van der Waals surface area contributed by atoms with Crippen molar-refractivity contribution >= 4 is 17.9 Å². The van der Waals surface area contributed by atoms with E-state index in [1.54, 1.807) is 6.08 Å². The number of H-pyrrole nitrogens is 1. The predicted molar refractivity (Wildman–Crippen MR) is 80.6 cm³/mol. The molecule has 21 heavy (non-hydrogen) atoms. The van der Waals surface area contributed by atoms with E-state index in [2.05, 4.69) is 15.5 Å². The van der Waals surface area contributed by atoms with Crippen molar-refractivity contribution in [1.82, 2.24) is 10.4 Å².